The molecule has 0 radical (unpaired) electrons. The molecule has 2 fully saturated rings. The van der Waals surface area contributed by atoms with Crippen molar-refractivity contribution < 1.29 is 0 Å². The minimum absolute atomic E-state index is 0.504. The average Bonchev–Trinajstić information content (AvgIpc) is 3.27. The van der Waals surface area contributed by atoms with Gasteiger partial charge in [0, 0.05) is 31.2 Å². The highest BCUT2D eigenvalue weighted by Gasteiger charge is 2.46. The number of piperazine rings is 1. The molecule has 1 N–H and O–H groups in total. The van der Waals surface area contributed by atoms with E-state index in [-0.39, 0.29) is 0 Å². The van der Waals surface area contributed by atoms with E-state index in [0.29, 0.717) is 12.1 Å². The Balaban J connectivity index is 1.70. The Morgan fingerprint density at radius 1 is 1.24 bits per heavy atom. The Morgan fingerprint density at radius 3 is 2.67 bits per heavy atom. The second kappa shape index (κ2) is 6.50. The lowest BCUT2D eigenvalue weighted by Crippen LogP contribution is -2.55. The lowest BCUT2D eigenvalue weighted by atomic mass is 9.95. The molecule has 2 nitrogen and oxygen atoms in total. The third-order valence-corrected chi connectivity index (χ3v) is 5.33. The van der Waals surface area contributed by atoms with Crippen LogP contribution in [0.4, 0.5) is 0 Å². The number of hydrogen-bond donors (Lipinski definition) is 1. The van der Waals surface area contributed by atoms with E-state index < -0.39 is 0 Å². The molecule has 0 amide bonds. The van der Waals surface area contributed by atoms with Gasteiger partial charge in [-0.15, -0.1) is 0 Å². The molecule has 2 heteroatoms. The van der Waals surface area contributed by atoms with Gasteiger partial charge in [-0.05, 0) is 30.2 Å². The molecule has 1 heterocycles. The first-order chi connectivity index (χ1) is 10.2. The van der Waals surface area contributed by atoms with Gasteiger partial charge in [-0.3, -0.25) is 4.90 Å². The van der Waals surface area contributed by atoms with E-state index >= 15 is 0 Å². The third kappa shape index (κ3) is 3.32. The monoisotopic (exact) mass is 286 g/mol. The molecule has 2 aliphatic rings. The lowest BCUT2D eigenvalue weighted by Gasteiger charge is -2.43. The van der Waals surface area contributed by atoms with Crippen LogP contribution in [0.25, 0.3) is 0 Å². The van der Waals surface area contributed by atoms with Crippen LogP contribution in [-0.2, 0) is 0 Å². The summed E-state index contributed by atoms with van der Waals surface area (Å²) in [6, 6.07) is 13.0. The van der Waals surface area contributed by atoms with Crippen molar-refractivity contribution in [3.8, 4) is 0 Å². The minimum Gasteiger partial charge on any atom is -0.307 e. The topological polar surface area (TPSA) is 15.3 Å². The molecular formula is C19H30N2. The largest absolute Gasteiger partial charge is 0.307 e. The molecule has 116 valence electrons. The van der Waals surface area contributed by atoms with Crippen molar-refractivity contribution in [3.05, 3.63) is 35.9 Å². The van der Waals surface area contributed by atoms with Gasteiger partial charge in [0.25, 0.3) is 0 Å². The van der Waals surface area contributed by atoms with Crippen molar-refractivity contribution in [2.75, 3.05) is 13.1 Å². The zero-order valence-corrected chi connectivity index (χ0v) is 13.8. The van der Waals surface area contributed by atoms with Gasteiger partial charge in [-0.25, -0.2) is 0 Å². The lowest BCUT2D eigenvalue weighted by molar-refractivity contribution is 0.0846. The van der Waals surface area contributed by atoms with E-state index in [9.17, 15) is 0 Å². The molecule has 0 aromatic heterocycles. The van der Waals surface area contributed by atoms with E-state index in [0.717, 1.165) is 24.4 Å². The third-order valence-electron chi connectivity index (χ3n) is 5.33. The van der Waals surface area contributed by atoms with Crippen LogP contribution in [-0.4, -0.2) is 30.1 Å². The highest BCUT2D eigenvalue weighted by atomic mass is 15.3. The highest BCUT2D eigenvalue weighted by molar-refractivity contribution is 5.20. The van der Waals surface area contributed by atoms with Crippen LogP contribution >= 0.6 is 0 Å². The van der Waals surface area contributed by atoms with E-state index in [1.165, 1.54) is 31.4 Å². The maximum Gasteiger partial charge on any atom is 0.0450 e. The molecule has 0 bridgehead atoms. The Kier molecular flexibility index (Phi) is 4.66. The van der Waals surface area contributed by atoms with Crippen LogP contribution in [0.15, 0.2) is 30.3 Å². The molecule has 3 rings (SSSR count). The quantitative estimate of drug-likeness (QED) is 0.884. The molecule has 1 aromatic carbocycles. The number of nitrogens with one attached hydrogen (secondary N) is 1. The first-order valence-corrected chi connectivity index (χ1v) is 8.74. The highest BCUT2D eigenvalue weighted by Crippen LogP contribution is 2.42. The Hall–Kier alpha value is -0.860. The zero-order chi connectivity index (χ0) is 14.8. The van der Waals surface area contributed by atoms with Crippen LogP contribution in [0.1, 0.15) is 51.6 Å². The second-order valence-electron chi connectivity index (χ2n) is 7.23. The summed E-state index contributed by atoms with van der Waals surface area (Å²) in [4.78, 5) is 2.83. The van der Waals surface area contributed by atoms with Crippen LogP contribution in [0.5, 0.6) is 0 Å². The van der Waals surface area contributed by atoms with Crippen LogP contribution in [0.2, 0.25) is 0 Å². The predicted molar refractivity (Wildman–Crippen MR) is 89.3 cm³/mol. The summed E-state index contributed by atoms with van der Waals surface area (Å²) in [5.41, 5.74) is 1.44. The number of benzene rings is 1. The van der Waals surface area contributed by atoms with E-state index in [2.05, 4.69) is 61.3 Å². The Morgan fingerprint density at radius 2 is 2.00 bits per heavy atom. The molecule has 4 unspecified atom stereocenters. The summed E-state index contributed by atoms with van der Waals surface area (Å²) in [6.45, 7) is 9.38. The van der Waals surface area contributed by atoms with E-state index in [4.69, 9.17) is 0 Å². The molecule has 0 spiro atoms. The normalized spacial score (nSPS) is 33.3. The van der Waals surface area contributed by atoms with Crippen molar-refractivity contribution in [2.45, 2.75) is 58.2 Å². The van der Waals surface area contributed by atoms with Crippen LogP contribution in [0.3, 0.4) is 0 Å². The van der Waals surface area contributed by atoms with Crippen molar-refractivity contribution in [1.29, 1.82) is 0 Å². The fourth-order valence-corrected chi connectivity index (χ4v) is 4.02. The smallest absolute Gasteiger partial charge is 0.0450 e. The van der Waals surface area contributed by atoms with E-state index in [1.54, 1.807) is 0 Å². The molecule has 1 saturated carbocycles. The minimum atomic E-state index is 0.504. The van der Waals surface area contributed by atoms with Crippen molar-refractivity contribution in [2.24, 2.45) is 11.8 Å². The van der Waals surface area contributed by atoms with Crippen LogP contribution < -0.4 is 5.32 Å². The summed E-state index contributed by atoms with van der Waals surface area (Å²) in [7, 11) is 0. The molecule has 1 aliphatic heterocycles. The maximum absolute atomic E-state index is 3.78. The first-order valence-electron chi connectivity index (χ1n) is 8.74. The summed E-state index contributed by atoms with van der Waals surface area (Å²) in [5.74, 6) is 1.70. The van der Waals surface area contributed by atoms with Gasteiger partial charge >= 0.3 is 0 Å². The molecule has 1 saturated heterocycles. The van der Waals surface area contributed by atoms with Gasteiger partial charge in [0.05, 0.1) is 0 Å². The molecule has 4 atom stereocenters. The summed E-state index contributed by atoms with van der Waals surface area (Å²) in [5, 5.41) is 3.78. The standard InChI is InChI=1S/C19H30N2/c1-4-8-16-11-18(16)21-13-17(15-9-6-5-7-10-15)20-12-19(21)14(2)3/h5-7,9-10,14,16-20H,4,8,11-13H2,1-3H3. The zero-order valence-electron chi connectivity index (χ0n) is 13.8. The van der Waals surface area contributed by atoms with Gasteiger partial charge in [-0.1, -0.05) is 57.5 Å². The van der Waals surface area contributed by atoms with Crippen molar-refractivity contribution in [3.63, 3.8) is 0 Å². The number of rotatable bonds is 5. The van der Waals surface area contributed by atoms with Gasteiger partial charge < -0.3 is 5.32 Å². The van der Waals surface area contributed by atoms with Gasteiger partial charge in [0.15, 0.2) is 0 Å². The van der Waals surface area contributed by atoms with Gasteiger partial charge in [0.2, 0.25) is 0 Å². The molecule has 1 aromatic rings. The number of nitrogens with zero attached hydrogens (tertiary/aromatic N) is 1. The number of hydrogen-bond acceptors (Lipinski definition) is 2. The SMILES string of the molecule is CCCC1CC1N1CC(c2ccccc2)NCC1C(C)C. The van der Waals surface area contributed by atoms with E-state index in [1.807, 2.05) is 0 Å². The summed E-state index contributed by atoms with van der Waals surface area (Å²) >= 11 is 0. The molecule has 1 aliphatic carbocycles. The average molecular weight is 286 g/mol. The summed E-state index contributed by atoms with van der Waals surface area (Å²) in [6.07, 6.45) is 4.18. The summed E-state index contributed by atoms with van der Waals surface area (Å²) < 4.78 is 0. The van der Waals surface area contributed by atoms with Crippen molar-refractivity contribution >= 4 is 0 Å². The van der Waals surface area contributed by atoms with Crippen LogP contribution in [0, 0.1) is 11.8 Å². The van der Waals surface area contributed by atoms with Crippen molar-refractivity contribution in [1.82, 2.24) is 10.2 Å². The fraction of sp³-hybridized carbons (Fsp3) is 0.684. The second-order valence-corrected chi connectivity index (χ2v) is 7.23. The Labute approximate surface area is 129 Å². The maximum atomic E-state index is 3.78. The fourth-order valence-electron chi connectivity index (χ4n) is 4.02. The molecule has 21 heavy (non-hydrogen) atoms. The Bertz CT molecular complexity index is 442. The van der Waals surface area contributed by atoms with Gasteiger partial charge in [0.1, 0.15) is 0 Å². The first kappa shape index (κ1) is 15.1. The predicted octanol–water partition coefficient (Wildman–Crippen LogP) is 3.85. The molecular weight excluding hydrogens is 256 g/mol. The van der Waals surface area contributed by atoms with Gasteiger partial charge in [-0.2, -0.15) is 0 Å².